The van der Waals surface area contributed by atoms with Gasteiger partial charge >= 0.3 is 6.18 Å². The Morgan fingerprint density at radius 1 is 1.42 bits per heavy atom. The number of rotatable bonds is 2. The van der Waals surface area contributed by atoms with Crippen LogP contribution in [-0.2, 0) is 16.0 Å². The summed E-state index contributed by atoms with van der Waals surface area (Å²) >= 11 is 1.08. The van der Waals surface area contributed by atoms with Crippen molar-refractivity contribution in [3.8, 4) is 0 Å². The van der Waals surface area contributed by atoms with Gasteiger partial charge in [0.15, 0.2) is 9.84 Å². The third-order valence-electron chi connectivity index (χ3n) is 3.95. The summed E-state index contributed by atoms with van der Waals surface area (Å²) in [5.74, 6) is -0.685. The van der Waals surface area contributed by atoms with Crippen molar-refractivity contribution in [3.63, 3.8) is 0 Å². The van der Waals surface area contributed by atoms with Crippen LogP contribution in [0.2, 0.25) is 0 Å². The lowest BCUT2D eigenvalue weighted by molar-refractivity contribution is -0.140. The summed E-state index contributed by atoms with van der Waals surface area (Å²) in [5, 5.41) is 3.57. The fourth-order valence-electron chi connectivity index (χ4n) is 2.63. The van der Waals surface area contributed by atoms with Gasteiger partial charge in [-0.15, -0.1) is 11.3 Å². The van der Waals surface area contributed by atoms with E-state index in [0.29, 0.717) is 5.56 Å². The molecule has 0 bridgehead atoms. The van der Waals surface area contributed by atoms with Gasteiger partial charge in [-0.25, -0.2) is 8.42 Å². The summed E-state index contributed by atoms with van der Waals surface area (Å²) in [7, 11) is -3.41. The van der Waals surface area contributed by atoms with E-state index in [2.05, 4.69) is 5.32 Å². The van der Waals surface area contributed by atoms with E-state index < -0.39 is 38.9 Å². The minimum absolute atomic E-state index is 0.153. The summed E-state index contributed by atoms with van der Waals surface area (Å²) in [4.78, 5) is 14.2. The number of nitrogens with one attached hydrogen (secondary N) is 2. The molecule has 0 radical (unpaired) electrons. The number of hydrogen-bond donors (Lipinski definition) is 2. The lowest BCUT2D eigenvalue weighted by Crippen LogP contribution is -2.36. The van der Waals surface area contributed by atoms with Crippen LogP contribution in [0.1, 0.15) is 41.0 Å². The van der Waals surface area contributed by atoms with Gasteiger partial charge in [-0.2, -0.15) is 13.2 Å². The van der Waals surface area contributed by atoms with Crippen molar-refractivity contribution in [2.24, 2.45) is 0 Å². The molecule has 0 saturated carbocycles. The van der Waals surface area contributed by atoms with Crippen molar-refractivity contribution >= 4 is 27.1 Å². The maximum Gasteiger partial charge on any atom is 0.431 e. The molecule has 0 aliphatic carbocycles. The maximum atomic E-state index is 12.6. The van der Waals surface area contributed by atoms with Crippen molar-refractivity contribution in [2.45, 2.75) is 35.0 Å². The minimum atomic E-state index is -4.56. The van der Waals surface area contributed by atoms with Gasteiger partial charge in [0.1, 0.15) is 9.90 Å². The fraction of sp³-hybridized carbons (Fsp3) is 0.357. The van der Waals surface area contributed by atoms with Crippen LogP contribution >= 0.6 is 11.3 Å². The number of carbonyl (C=O) groups excluding carboxylic acids is 1. The zero-order valence-electron chi connectivity index (χ0n) is 12.3. The van der Waals surface area contributed by atoms with E-state index in [0.717, 1.165) is 23.6 Å². The Bertz CT molecular complexity index is 883. The Morgan fingerprint density at radius 2 is 2.12 bits per heavy atom. The molecule has 2 atom stereocenters. The lowest BCUT2D eigenvalue weighted by Gasteiger charge is -2.27. The second-order valence-electron chi connectivity index (χ2n) is 5.58. The average Bonchev–Trinajstić information content (AvgIpc) is 3.13. The van der Waals surface area contributed by atoms with E-state index in [1.807, 2.05) is 4.98 Å². The van der Waals surface area contributed by atoms with Crippen molar-refractivity contribution in [1.82, 2.24) is 10.3 Å². The van der Waals surface area contributed by atoms with Crippen LogP contribution < -0.4 is 5.32 Å². The minimum Gasteiger partial charge on any atom is -0.357 e. The van der Waals surface area contributed by atoms with E-state index in [9.17, 15) is 26.4 Å². The van der Waals surface area contributed by atoms with Crippen molar-refractivity contribution < 1.29 is 26.4 Å². The molecule has 130 valence electrons. The standard InChI is InChI=1S/C14H13F3N2O3S2/c1-7-4-10(9-2-3-23-13(9)24(7,21)22)19-12(20)8-5-11(18-6-8)14(15,16)17/h2-3,5-7,10,18H,4H2,1H3,(H,19,20)/t7-,10-/m0/s1. The number of alkyl halides is 3. The topological polar surface area (TPSA) is 79.0 Å². The Labute approximate surface area is 139 Å². The molecule has 10 heteroatoms. The second-order valence-corrected chi connectivity index (χ2v) is 9.06. The highest BCUT2D eigenvalue weighted by molar-refractivity contribution is 7.94. The second kappa shape index (κ2) is 5.62. The maximum absolute atomic E-state index is 12.6. The SMILES string of the molecule is C[C@H]1C[C@H](NC(=O)c2c[nH]c(C(F)(F)F)c2)c2ccsc2S1(=O)=O. The molecule has 24 heavy (non-hydrogen) atoms. The molecule has 2 aromatic rings. The van der Waals surface area contributed by atoms with E-state index in [1.54, 1.807) is 18.4 Å². The number of aromatic amines is 1. The van der Waals surface area contributed by atoms with Gasteiger partial charge in [-0.05, 0) is 30.9 Å². The van der Waals surface area contributed by atoms with Crippen molar-refractivity contribution in [2.75, 3.05) is 0 Å². The van der Waals surface area contributed by atoms with E-state index >= 15 is 0 Å². The van der Waals surface area contributed by atoms with Crippen molar-refractivity contribution in [1.29, 1.82) is 0 Å². The highest BCUT2D eigenvalue weighted by Crippen LogP contribution is 2.39. The first-order valence-corrected chi connectivity index (χ1v) is 9.41. The van der Waals surface area contributed by atoms with E-state index in [4.69, 9.17) is 0 Å². The largest absolute Gasteiger partial charge is 0.431 e. The van der Waals surface area contributed by atoms with Crippen LogP contribution in [0.4, 0.5) is 13.2 Å². The summed E-state index contributed by atoms with van der Waals surface area (Å²) < 4.78 is 62.5. The molecule has 1 amide bonds. The number of H-pyrrole nitrogens is 1. The number of aromatic nitrogens is 1. The molecule has 0 fully saturated rings. The number of sulfone groups is 1. The Hall–Kier alpha value is -1.81. The Balaban J connectivity index is 1.84. The average molecular weight is 378 g/mol. The van der Waals surface area contributed by atoms with Gasteiger partial charge in [0.25, 0.3) is 5.91 Å². The van der Waals surface area contributed by atoms with Crippen LogP contribution in [0.25, 0.3) is 0 Å². The molecule has 1 aliphatic heterocycles. The molecular weight excluding hydrogens is 365 g/mol. The van der Waals surface area contributed by atoms with Gasteiger partial charge in [-0.3, -0.25) is 4.79 Å². The summed E-state index contributed by atoms with van der Waals surface area (Å²) in [5.41, 5.74) is -0.679. The Kier molecular flexibility index (Phi) is 3.99. The zero-order valence-corrected chi connectivity index (χ0v) is 14.0. The van der Waals surface area contributed by atoms with Gasteiger partial charge in [0, 0.05) is 11.8 Å². The number of amides is 1. The molecule has 0 aromatic carbocycles. The van der Waals surface area contributed by atoms with Gasteiger partial charge in [0.2, 0.25) is 0 Å². The molecule has 0 unspecified atom stereocenters. The zero-order chi connectivity index (χ0) is 17.7. The van der Waals surface area contributed by atoms with Gasteiger partial charge in [-0.1, -0.05) is 0 Å². The molecule has 0 saturated heterocycles. The number of halogens is 3. The first-order valence-electron chi connectivity index (χ1n) is 6.98. The van der Waals surface area contributed by atoms with Crippen LogP contribution in [-0.4, -0.2) is 24.6 Å². The number of carbonyl (C=O) groups is 1. The monoisotopic (exact) mass is 378 g/mol. The summed E-state index contributed by atoms with van der Waals surface area (Å²) in [6.45, 7) is 1.55. The molecule has 3 rings (SSSR count). The van der Waals surface area contributed by atoms with E-state index in [-0.39, 0.29) is 16.2 Å². The Morgan fingerprint density at radius 3 is 2.75 bits per heavy atom. The van der Waals surface area contributed by atoms with Crippen molar-refractivity contribution in [3.05, 3.63) is 40.5 Å². The molecular formula is C14H13F3N2O3S2. The molecule has 3 heterocycles. The molecule has 2 aromatic heterocycles. The quantitative estimate of drug-likeness (QED) is 0.843. The lowest BCUT2D eigenvalue weighted by atomic mass is 10.0. The van der Waals surface area contributed by atoms with E-state index in [1.165, 1.54) is 0 Å². The molecule has 1 aliphatic rings. The van der Waals surface area contributed by atoms with Crippen LogP contribution in [0.5, 0.6) is 0 Å². The first-order chi connectivity index (χ1) is 11.1. The number of hydrogen-bond acceptors (Lipinski definition) is 4. The third-order valence-corrected chi connectivity index (χ3v) is 7.66. The smallest absolute Gasteiger partial charge is 0.357 e. The van der Waals surface area contributed by atoms with Crippen LogP contribution in [0.15, 0.2) is 27.9 Å². The van der Waals surface area contributed by atoms with Crippen LogP contribution in [0, 0.1) is 0 Å². The van der Waals surface area contributed by atoms with Gasteiger partial charge < -0.3 is 10.3 Å². The number of fused-ring (bicyclic) bond motifs is 1. The fourth-order valence-corrected chi connectivity index (χ4v) is 5.86. The molecule has 0 spiro atoms. The summed E-state index contributed by atoms with van der Waals surface area (Å²) in [6.07, 6.45) is -3.41. The predicted molar refractivity (Wildman–Crippen MR) is 81.6 cm³/mol. The highest BCUT2D eigenvalue weighted by atomic mass is 32.2. The highest BCUT2D eigenvalue weighted by Gasteiger charge is 2.38. The summed E-state index contributed by atoms with van der Waals surface area (Å²) in [6, 6.07) is 1.79. The number of thiophene rings is 1. The third kappa shape index (κ3) is 2.84. The molecule has 5 nitrogen and oxygen atoms in total. The normalized spacial score (nSPS) is 22.8. The van der Waals surface area contributed by atoms with Gasteiger partial charge in [0.05, 0.1) is 16.9 Å². The first kappa shape index (κ1) is 17.0. The predicted octanol–water partition coefficient (Wildman–Crippen LogP) is 3.13. The molecule has 2 N–H and O–H groups in total. The van der Waals surface area contributed by atoms with Crippen LogP contribution in [0.3, 0.4) is 0 Å².